The van der Waals surface area contributed by atoms with Gasteiger partial charge in [0.2, 0.25) is 15.9 Å². The smallest absolute Gasteiger partial charge is 0.242 e. The third kappa shape index (κ3) is 3.61. The first-order valence-electron chi connectivity index (χ1n) is 7.85. The Bertz CT molecular complexity index is 710. The first-order chi connectivity index (χ1) is 11.2. The summed E-state index contributed by atoms with van der Waals surface area (Å²) < 4.78 is 31.2. The lowest BCUT2D eigenvalue weighted by atomic mass is 9.79. The van der Waals surface area contributed by atoms with Crippen molar-refractivity contribution < 1.29 is 17.9 Å². The molecule has 1 saturated heterocycles. The van der Waals surface area contributed by atoms with Crippen molar-refractivity contribution in [3.05, 3.63) is 23.8 Å². The monoisotopic (exact) mass is 355 g/mol. The van der Waals surface area contributed by atoms with Crippen LogP contribution >= 0.6 is 0 Å². The maximum absolute atomic E-state index is 12.7. The summed E-state index contributed by atoms with van der Waals surface area (Å²) >= 11 is 0. The van der Waals surface area contributed by atoms with Crippen molar-refractivity contribution >= 4 is 21.6 Å². The maximum Gasteiger partial charge on any atom is 0.242 e. The minimum absolute atomic E-state index is 0.180. The molecule has 1 aliphatic rings. The minimum Gasteiger partial charge on any atom is -0.381 e. The van der Waals surface area contributed by atoms with Gasteiger partial charge in [0.1, 0.15) is 0 Å². The van der Waals surface area contributed by atoms with Crippen molar-refractivity contribution in [3.8, 4) is 0 Å². The fourth-order valence-corrected chi connectivity index (χ4v) is 3.85. The molecule has 1 heterocycles. The Labute approximate surface area is 143 Å². The maximum atomic E-state index is 12.7. The molecular formula is C16H25N3O4S. The number of ether oxygens (including phenoxy) is 1. The third-order valence-electron chi connectivity index (χ3n) is 4.53. The number of hydrogen-bond acceptors (Lipinski definition) is 5. The van der Waals surface area contributed by atoms with E-state index < -0.39 is 15.4 Å². The summed E-state index contributed by atoms with van der Waals surface area (Å²) in [5.41, 5.74) is 6.25. The van der Waals surface area contributed by atoms with Crippen molar-refractivity contribution in [3.63, 3.8) is 0 Å². The van der Waals surface area contributed by atoms with E-state index >= 15 is 0 Å². The lowest BCUT2D eigenvalue weighted by molar-refractivity contribution is -0.130. The number of carbonyl (C=O) groups is 1. The van der Waals surface area contributed by atoms with E-state index in [-0.39, 0.29) is 17.3 Å². The Balaban J connectivity index is 2.29. The van der Waals surface area contributed by atoms with E-state index in [1.165, 1.54) is 20.2 Å². The van der Waals surface area contributed by atoms with E-state index in [2.05, 4.69) is 5.32 Å². The van der Waals surface area contributed by atoms with Crippen LogP contribution in [0.15, 0.2) is 23.1 Å². The van der Waals surface area contributed by atoms with Gasteiger partial charge in [-0.1, -0.05) is 6.07 Å². The molecule has 0 spiro atoms. The van der Waals surface area contributed by atoms with Gasteiger partial charge >= 0.3 is 0 Å². The number of rotatable bonds is 5. The summed E-state index contributed by atoms with van der Waals surface area (Å²) in [6, 6.07) is 4.88. The molecule has 24 heavy (non-hydrogen) atoms. The lowest BCUT2D eigenvalue weighted by Gasteiger charge is -2.34. The molecule has 0 aromatic heterocycles. The zero-order valence-corrected chi connectivity index (χ0v) is 15.1. The quantitative estimate of drug-likeness (QED) is 0.818. The van der Waals surface area contributed by atoms with Crippen molar-refractivity contribution in [2.24, 2.45) is 11.1 Å². The Hall–Kier alpha value is -1.48. The molecule has 134 valence electrons. The summed E-state index contributed by atoms with van der Waals surface area (Å²) in [5, 5.41) is 2.82. The highest BCUT2D eigenvalue weighted by molar-refractivity contribution is 7.89. The molecule has 0 aliphatic carbocycles. The SMILES string of the molecule is Cc1ccc(NC(=O)C2(CN)CCOCC2)cc1S(=O)(=O)N(C)C. The summed E-state index contributed by atoms with van der Waals surface area (Å²) in [6.07, 6.45) is 1.12. The summed E-state index contributed by atoms with van der Waals surface area (Å²) in [5.74, 6) is -0.189. The molecule has 1 aromatic rings. The number of carbonyl (C=O) groups excluding carboxylic acids is 1. The molecule has 0 unspecified atom stereocenters. The Morgan fingerprint density at radius 2 is 1.96 bits per heavy atom. The van der Waals surface area contributed by atoms with Gasteiger partial charge in [-0.3, -0.25) is 4.79 Å². The second-order valence-electron chi connectivity index (χ2n) is 6.32. The van der Waals surface area contributed by atoms with Crippen LogP contribution in [0.1, 0.15) is 18.4 Å². The van der Waals surface area contributed by atoms with E-state index in [4.69, 9.17) is 10.5 Å². The highest BCUT2D eigenvalue weighted by Gasteiger charge is 2.38. The Morgan fingerprint density at radius 1 is 1.33 bits per heavy atom. The van der Waals surface area contributed by atoms with Crippen molar-refractivity contribution in [1.82, 2.24) is 4.31 Å². The van der Waals surface area contributed by atoms with Gasteiger partial charge in [-0.05, 0) is 37.5 Å². The number of amides is 1. The number of aryl methyl sites for hydroxylation is 1. The first-order valence-corrected chi connectivity index (χ1v) is 9.29. The number of nitrogens with two attached hydrogens (primary N) is 1. The topological polar surface area (TPSA) is 102 Å². The normalized spacial score (nSPS) is 17.7. The van der Waals surface area contributed by atoms with Crippen LogP contribution in [0.2, 0.25) is 0 Å². The van der Waals surface area contributed by atoms with E-state index in [9.17, 15) is 13.2 Å². The molecule has 2 rings (SSSR count). The van der Waals surface area contributed by atoms with Crippen LogP contribution in [0.5, 0.6) is 0 Å². The molecule has 8 heteroatoms. The second-order valence-corrected chi connectivity index (χ2v) is 8.44. The minimum atomic E-state index is -3.57. The number of benzene rings is 1. The van der Waals surface area contributed by atoms with Crippen LogP contribution in [-0.2, 0) is 19.6 Å². The van der Waals surface area contributed by atoms with Crippen LogP contribution in [-0.4, -0.2) is 52.5 Å². The molecule has 0 atom stereocenters. The highest BCUT2D eigenvalue weighted by Crippen LogP contribution is 2.31. The molecular weight excluding hydrogens is 330 g/mol. The van der Waals surface area contributed by atoms with Crippen LogP contribution in [0, 0.1) is 12.3 Å². The molecule has 1 amide bonds. The number of nitrogens with zero attached hydrogens (tertiary/aromatic N) is 1. The van der Waals surface area contributed by atoms with Gasteiger partial charge in [0.05, 0.1) is 10.3 Å². The van der Waals surface area contributed by atoms with Crippen LogP contribution in [0.4, 0.5) is 5.69 Å². The fraction of sp³-hybridized carbons (Fsp3) is 0.562. The molecule has 1 aromatic carbocycles. The number of hydrogen-bond donors (Lipinski definition) is 2. The van der Waals surface area contributed by atoms with Gasteiger partial charge in [-0.15, -0.1) is 0 Å². The molecule has 0 bridgehead atoms. The summed E-state index contributed by atoms with van der Waals surface area (Å²) in [4.78, 5) is 12.9. The van der Waals surface area contributed by atoms with Gasteiger partial charge in [0.25, 0.3) is 0 Å². The molecule has 3 N–H and O–H groups in total. The molecule has 1 aliphatic heterocycles. The third-order valence-corrected chi connectivity index (χ3v) is 6.48. The van der Waals surface area contributed by atoms with E-state index in [1.807, 2.05) is 0 Å². The predicted molar refractivity (Wildman–Crippen MR) is 92.2 cm³/mol. The van der Waals surface area contributed by atoms with Gasteiger partial charge in [0.15, 0.2) is 0 Å². The molecule has 0 radical (unpaired) electrons. The summed E-state index contributed by atoms with van der Waals surface area (Å²) in [6.45, 7) is 2.95. The fourth-order valence-electron chi connectivity index (χ4n) is 2.70. The van der Waals surface area contributed by atoms with Crippen molar-refractivity contribution in [2.45, 2.75) is 24.7 Å². The second kappa shape index (κ2) is 7.18. The van der Waals surface area contributed by atoms with Crippen molar-refractivity contribution in [2.75, 3.05) is 39.2 Å². The average Bonchev–Trinajstić information content (AvgIpc) is 2.56. The average molecular weight is 355 g/mol. The largest absolute Gasteiger partial charge is 0.381 e. The van der Waals surface area contributed by atoms with Gasteiger partial charge in [0, 0.05) is 39.5 Å². The van der Waals surface area contributed by atoms with E-state index in [1.54, 1.807) is 19.1 Å². The predicted octanol–water partition coefficient (Wildman–Crippen LogP) is 0.939. The van der Waals surface area contributed by atoms with Crippen molar-refractivity contribution in [1.29, 1.82) is 0 Å². The number of sulfonamides is 1. The number of nitrogens with one attached hydrogen (secondary N) is 1. The van der Waals surface area contributed by atoms with E-state index in [0.717, 1.165) is 4.31 Å². The Kier molecular flexibility index (Phi) is 5.64. The first kappa shape index (κ1) is 18.9. The van der Waals surface area contributed by atoms with E-state index in [0.29, 0.717) is 37.3 Å². The zero-order chi connectivity index (χ0) is 18.0. The molecule has 1 fully saturated rings. The zero-order valence-electron chi connectivity index (χ0n) is 14.3. The molecule has 7 nitrogen and oxygen atoms in total. The van der Waals surface area contributed by atoms with Gasteiger partial charge < -0.3 is 15.8 Å². The van der Waals surface area contributed by atoms with Crippen LogP contribution in [0.25, 0.3) is 0 Å². The van der Waals surface area contributed by atoms with Gasteiger partial charge in [-0.2, -0.15) is 0 Å². The number of anilines is 1. The highest BCUT2D eigenvalue weighted by atomic mass is 32.2. The standard InChI is InChI=1S/C16H25N3O4S/c1-12-4-5-13(10-14(12)24(21,22)19(2)3)18-15(20)16(11-17)6-8-23-9-7-16/h4-5,10H,6-9,11,17H2,1-3H3,(H,18,20). The van der Waals surface area contributed by atoms with Gasteiger partial charge in [-0.25, -0.2) is 12.7 Å². The molecule has 0 saturated carbocycles. The van der Waals surface area contributed by atoms with Crippen LogP contribution < -0.4 is 11.1 Å². The lowest BCUT2D eigenvalue weighted by Crippen LogP contribution is -2.46. The van der Waals surface area contributed by atoms with Crippen LogP contribution in [0.3, 0.4) is 0 Å². The Morgan fingerprint density at radius 3 is 2.50 bits per heavy atom. The summed E-state index contributed by atoms with van der Waals surface area (Å²) in [7, 11) is -0.619.